The summed E-state index contributed by atoms with van der Waals surface area (Å²) in [6.45, 7) is 10.1. The van der Waals surface area contributed by atoms with Gasteiger partial charge in [-0.2, -0.15) is 0 Å². The van der Waals surface area contributed by atoms with E-state index in [2.05, 4.69) is 47.6 Å². The van der Waals surface area contributed by atoms with Crippen LogP contribution in [0.25, 0.3) is 0 Å². The van der Waals surface area contributed by atoms with Crippen molar-refractivity contribution in [2.45, 2.75) is 45.8 Å². The SMILES string of the molecule is CCNC1CCN(Cc2nccn2C)C(C)C1C. The summed E-state index contributed by atoms with van der Waals surface area (Å²) in [4.78, 5) is 6.99. The maximum absolute atomic E-state index is 4.43. The van der Waals surface area contributed by atoms with Gasteiger partial charge in [-0.15, -0.1) is 0 Å². The molecule has 2 rings (SSSR count). The Bertz CT molecular complexity index is 374. The van der Waals surface area contributed by atoms with E-state index in [-0.39, 0.29) is 0 Å². The summed E-state index contributed by atoms with van der Waals surface area (Å²) in [6.07, 6.45) is 5.15. The fraction of sp³-hybridized carbons (Fsp3) is 0.786. The Morgan fingerprint density at radius 1 is 1.44 bits per heavy atom. The molecule has 1 aromatic heterocycles. The van der Waals surface area contributed by atoms with E-state index in [0.29, 0.717) is 18.0 Å². The molecule has 0 amide bonds. The number of imidazole rings is 1. The summed E-state index contributed by atoms with van der Waals surface area (Å²) >= 11 is 0. The lowest BCUT2D eigenvalue weighted by Crippen LogP contribution is -2.53. The molecule has 0 bridgehead atoms. The lowest BCUT2D eigenvalue weighted by atomic mass is 9.87. The standard InChI is InChI=1S/C14H26N4/c1-5-15-13-6-8-18(12(3)11(13)2)10-14-16-7-9-17(14)4/h7,9,11-13,15H,5-6,8,10H2,1-4H3. The van der Waals surface area contributed by atoms with Crippen LogP contribution in [0, 0.1) is 5.92 Å². The molecule has 1 aliphatic heterocycles. The largest absolute Gasteiger partial charge is 0.337 e. The van der Waals surface area contributed by atoms with Gasteiger partial charge in [0, 0.05) is 38.1 Å². The van der Waals surface area contributed by atoms with Crippen molar-refractivity contribution in [1.82, 2.24) is 19.8 Å². The number of hydrogen-bond acceptors (Lipinski definition) is 3. The van der Waals surface area contributed by atoms with Crippen LogP contribution in [0.5, 0.6) is 0 Å². The van der Waals surface area contributed by atoms with Crippen LogP contribution in [0.3, 0.4) is 0 Å². The van der Waals surface area contributed by atoms with E-state index in [0.717, 1.165) is 25.5 Å². The molecule has 3 atom stereocenters. The smallest absolute Gasteiger partial charge is 0.122 e. The number of likely N-dealkylation sites (tertiary alicyclic amines) is 1. The van der Waals surface area contributed by atoms with E-state index in [1.807, 2.05) is 12.4 Å². The van der Waals surface area contributed by atoms with E-state index >= 15 is 0 Å². The average molecular weight is 250 g/mol. The van der Waals surface area contributed by atoms with Gasteiger partial charge in [0.1, 0.15) is 5.82 Å². The van der Waals surface area contributed by atoms with Gasteiger partial charge in [0.05, 0.1) is 6.54 Å². The Balaban J connectivity index is 1.98. The van der Waals surface area contributed by atoms with E-state index < -0.39 is 0 Å². The summed E-state index contributed by atoms with van der Waals surface area (Å²) in [6, 6.07) is 1.28. The van der Waals surface area contributed by atoms with Crippen molar-refractivity contribution in [3.8, 4) is 0 Å². The third kappa shape index (κ3) is 2.75. The molecule has 1 aliphatic rings. The second kappa shape index (κ2) is 5.85. The van der Waals surface area contributed by atoms with E-state index in [4.69, 9.17) is 0 Å². The van der Waals surface area contributed by atoms with Crippen molar-refractivity contribution in [2.24, 2.45) is 13.0 Å². The molecule has 1 fully saturated rings. The highest BCUT2D eigenvalue weighted by Crippen LogP contribution is 2.24. The second-order valence-corrected chi connectivity index (χ2v) is 5.48. The number of nitrogens with zero attached hydrogens (tertiary/aromatic N) is 3. The monoisotopic (exact) mass is 250 g/mol. The van der Waals surface area contributed by atoms with Crippen LogP contribution in [0.15, 0.2) is 12.4 Å². The van der Waals surface area contributed by atoms with Gasteiger partial charge in [0.25, 0.3) is 0 Å². The third-order valence-electron chi connectivity index (χ3n) is 4.43. The van der Waals surface area contributed by atoms with Crippen molar-refractivity contribution in [3.63, 3.8) is 0 Å². The topological polar surface area (TPSA) is 33.1 Å². The van der Waals surface area contributed by atoms with Gasteiger partial charge >= 0.3 is 0 Å². The van der Waals surface area contributed by atoms with Gasteiger partial charge in [-0.05, 0) is 25.8 Å². The molecular formula is C14H26N4. The van der Waals surface area contributed by atoms with Crippen LogP contribution in [0.1, 0.15) is 33.0 Å². The van der Waals surface area contributed by atoms with Crippen molar-refractivity contribution in [2.75, 3.05) is 13.1 Å². The highest BCUT2D eigenvalue weighted by Gasteiger charge is 2.32. The Kier molecular flexibility index (Phi) is 4.40. The van der Waals surface area contributed by atoms with Crippen molar-refractivity contribution >= 4 is 0 Å². The summed E-state index contributed by atoms with van der Waals surface area (Å²) in [7, 11) is 2.07. The highest BCUT2D eigenvalue weighted by molar-refractivity contribution is 4.95. The first-order valence-corrected chi connectivity index (χ1v) is 7.07. The fourth-order valence-electron chi connectivity index (χ4n) is 2.94. The number of nitrogens with one attached hydrogen (secondary N) is 1. The Hall–Kier alpha value is -0.870. The van der Waals surface area contributed by atoms with Crippen LogP contribution in [0.2, 0.25) is 0 Å². The maximum Gasteiger partial charge on any atom is 0.122 e. The van der Waals surface area contributed by atoms with Gasteiger partial charge in [0.15, 0.2) is 0 Å². The maximum atomic E-state index is 4.43. The lowest BCUT2D eigenvalue weighted by molar-refractivity contribution is 0.0760. The highest BCUT2D eigenvalue weighted by atomic mass is 15.2. The molecule has 0 aromatic carbocycles. The summed E-state index contributed by atoms with van der Waals surface area (Å²) in [5.41, 5.74) is 0. The van der Waals surface area contributed by atoms with E-state index in [9.17, 15) is 0 Å². The van der Waals surface area contributed by atoms with Crippen molar-refractivity contribution in [1.29, 1.82) is 0 Å². The Labute approximate surface area is 110 Å². The zero-order valence-corrected chi connectivity index (χ0v) is 12.1. The number of piperidine rings is 1. The normalized spacial score (nSPS) is 29.7. The first-order valence-electron chi connectivity index (χ1n) is 7.07. The minimum Gasteiger partial charge on any atom is -0.337 e. The molecule has 4 heteroatoms. The number of aromatic nitrogens is 2. The summed E-state index contributed by atoms with van der Waals surface area (Å²) in [5, 5.41) is 3.61. The number of aryl methyl sites for hydroxylation is 1. The van der Waals surface area contributed by atoms with Gasteiger partial charge in [0.2, 0.25) is 0 Å². The molecule has 1 N–H and O–H groups in total. The third-order valence-corrected chi connectivity index (χ3v) is 4.43. The van der Waals surface area contributed by atoms with Crippen LogP contribution >= 0.6 is 0 Å². The molecule has 0 radical (unpaired) electrons. The molecule has 4 nitrogen and oxygen atoms in total. The predicted octanol–water partition coefficient (Wildman–Crippen LogP) is 1.63. The van der Waals surface area contributed by atoms with Crippen LogP contribution < -0.4 is 5.32 Å². The molecule has 18 heavy (non-hydrogen) atoms. The first kappa shape index (κ1) is 13.6. The molecule has 102 valence electrons. The van der Waals surface area contributed by atoms with Gasteiger partial charge in [-0.1, -0.05) is 13.8 Å². The zero-order valence-electron chi connectivity index (χ0n) is 12.1. The minimum atomic E-state index is 0.611. The Morgan fingerprint density at radius 3 is 2.83 bits per heavy atom. The average Bonchev–Trinajstić information content (AvgIpc) is 2.75. The zero-order chi connectivity index (χ0) is 13.1. The second-order valence-electron chi connectivity index (χ2n) is 5.48. The molecule has 1 aromatic rings. The summed E-state index contributed by atoms with van der Waals surface area (Å²) < 4.78 is 2.12. The Morgan fingerprint density at radius 2 is 2.22 bits per heavy atom. The summed E-state index contributed by atoms with van der Waals surface area (Å²) in [5.74, 6) is 1.86. The van der Waals surface area contributed by atoms with Crippen LogP contribution in [0.4, 0.5) is 0 Å². The van der Waals surface area contributed by atoms with Crippen LogP contribution in [-0.4, -0.2) is 39.6 Å². The first-order chi connectivity index (χ1) is 8.63. The van der Waals surface area contributed by atoms with Crippen molar-refractivity contribution < 1.29 is 0 Å². The van der Waals surface area contributed by atoms with Gasteiger partial charge < -0.3 is 9.88 Å². The fourth-order valence-corrected chi connectivity index (χ4v) is 2.94. The quantitative estimate of drug-likeness (QED) is 0.881. The molecule has 2 heterocycles. The molecule has 3 unspecified atom stereocenters. The lowest BCUT2D eigenvalue weighted by Gasteiger charge is -2.42. The van der Waals surface area contributed by atoms with E-state index in [1.54, 1.807) is 0 Å². The van der Waals surface area contributed by atoms with Gasteiger partial charge in [-0.3, -0.25) is 4.90 Å². The number of rotatable bonds is 4. The molecule has 0 saturated carbocycles. The molecule has 0 aliphatic carbocycles. The number of hydrogen-bond donors (Lipinski definition) is 1. The molecule has 0 spiro atoms. The minimum absolute atomic E-state index is 0.611. The van der Waals surface area contributed by atoms with Crippen LogP contribution in [-0.2, 0) is 13.6 Å². The van der Waals surface area contributed by atoms with Crippen molar-refractivity contribution in [3.05, 3.63) is 18.2 Å². The molecular weight excluding hydrogens is 224 g/mol. The molecule has 1 saturated heterocycles. The van der Waals surface area contributed by atoms with Gasteiger partial charge in [-0.25, -0.2) is 4.98 Å². The predicted molar refractivity (Wildman–Crippen MR) is 74.3 cm³/mol. The van der Waals surface area contributed by atoms with E-state index in [1.165, 1.54) is 6.42 Å².